The van der Waals surface area contributed by atoms with Crippen LogP contribution >= 0.6 is 0 Å². The molecule has 14 heavy (non-hydrogen) atoms. The summed E-state index contributed by atoms with van der Waals surface area (Å²) in [6.45, 7) is 2.32. The summed E-state index contributed by atoms with van der Waals surface area (Å²) >= 11 is 0. The second kappa shape index (κ2) is 5.98. The van der Waals surface area contributed by atoms with Crippen molar-refractivity contribution in [2.75, 3.05) is 20.1 Å². The van der Waals surface area contributed by atoms with Crippen molar-refractivity contribution in [3.8, 4) is 0 Å². The van der Waals surface area contributed by atoms with Crippen molar-refractivity contribution in [3.05, 3.63) is 0 Å². The van der Waals surface area contributed by atoms with Crippen LogP contribution in [0.3, 0.4) is 0 Å². The van der Waals surface area contributed by atoms with E-state index in [0.717, 1.165) is 25.3 Å². The second-order valence-corrected chi connectivity index (χ2v) is 4.23. The molecular weight excluding hydrogens is 178 g/mol. The van der Waals surface area contributed by atoms with Crippen LogP contribution in [0.1, 0.15) is 32.1 Å². The molecule has 0 aromatic heterocycles. The molecule has 0 spiro atoms. The van der Waals surface area contributed by atoms with Gasteiger partial charge in [-0.15, -0.1) is 0 Å². The summed E-state index contributed by atoms with van der Waals surface area (Å²) in [5.41, 5.74) is 2.14. The van der Waals surface area contributed by atoms with Crippen LogP contribution in [0, 0.1) is 5.92 Å². The highest BCUT2D eigenvalue weighted by atomic mass is 16.2. The number of carbonyl (C=O) groups excluding carboxylic acids is 1. The van der Waals surface area contributed by atoms with Gasteiger partial charge in [-0.25, -0.2) is 5.84 Å². The molecule has 82 valence electrons. The molecule has 0 aromatic carbocycles. The molecule has 0 aromatic rings. The van der Waals surface area contributed by atoms with E-state index in [2.05, 4.69) is 17.4 Å². The van der Waals surface area contributed by atoms with Gasteiger partial charge in [-0.2, -0.15) is 0 Å². The van der Waals surface area contributed by atoms with Crippen LogP contribution in [-0.2, 0) is 4.79 Å². The Morgan fingerprint density at radius 3 is 2.79 bits per heavy atom. The molecule has 0 saturated heterocycles. The highest BCUT2D eigenvalue weighted by molar-refractivity contribution is 5.74. The Morgan fingerprint density at radius 2 is 2.21 bits per heavy atom. The van der Waals surface area contributed by atoms with E-state index in [-0.39, 0.29) is 5.91 Å². The molecular formula is C10H21N3O. The van der Waals surface area contributed by atoms with Crippen molar-refractivity contribution < 1.29 is 4.79 Å². The molecule has 3 N–H and O–H groups in total. The molecule has 0 unspecified atom stereocenters. The Balaban J connectivity index is 1.89. The number of nitrogens with one attached hydrogen (secondary N) is 1. The number of amides is 1. The first-order chi connectivity index (χ1) is 6.72. The fourth-order valence-electron chi connectivity index (χ4n) is 1.57. The minimum absolute atomic E-state index is 0.0603. The Bertz CT molecular complexity index is 180. The van der Waals surface area contributed by atoms with Crippen LogP contribution in [0.25, 0.3) is 0 Å². The number of hydrazine groups is 1. The lowest BCUT2D eigenvalue weighted by molar-refractivity contribution is -0.121. The highest BCUT2D eigenvalue weighted by Crippen LogP contribution is 2.29. The number of nitrogens with zero attached hydrogens (tertiary/aromatic N) is 1. The predicted molar refractivity (Wildman–Crippen MR) is 56.4 cm³/mol. The third-order valence-corrected chi connectivity index (χ3v) is 2.62. The molecule has 1 aliphatic carbocycles. The fourth-order valence-corrected chi connectivity index (χ4v) is 1.57. The molecule has 0 atom stereocenters. The van der Waals surface area contributed by atoms with Gasteiger partial charge in [0, 0.05) is 13.0 Å². The normalized spacial score (nSPS) is 15.9. The highest BCUT2D eigenvalue weighted by Gasteiger charge is 2.22. The molecule has 1 fully saturated rings. The van der Waals surface area contributed by atoms with Crippen LogP contribution in [0.15, 0.2) is 0 Å². The summed E-state index contributed by atoms with van der Waals surface area (Å²) in [7, 11) is 2.15. The molecule has 0 aliphatic heterocycles. The maximum atomic E-state index is 10.8. The van der Waals surface area contributed by atoms with E-state index < -0.39 is 0 Å². The zero-order valence-electron chi connectivity index (χ0n) is 8.96. The molecule has 1 amide bonds. The molecule has 1 saturated carbocycles. The number of nitrogens with two attached hydrogens (primary N) is 1. The Kier molecular flexibility index (Phi) is 4.90. The number of unbranched alkanes of at least 4 members (excludes halogenated alkanes) is 1. The molecule has 4 nitrogen and oxygen atoms in total. The minimum atomic E-state index is -0.0603. The van der Waals surface area contributed by atoms with Gasteiger partial charge in [0.05, 0.1) is 0 Å². The van der Waals surface area contributed by atoms with Gasteiger partial charge in [-0.3, -0.25) is 10.2 Å². The number of hydrogen-bond acceptors (Lipinski definition) is 3. The van der Waals surface area contributed by atoms with E-state index in [1.165, 1.54) is 19.4 Å². The van der Waals surface area contributed by atoms with Gasteiger partial charge < -0.3 is 4.90 Å². The maximum Gasteiger partial charge on any atom is 0.233 e. The van der Waals surface area contributed by atoms with Crippen molar-refractivity contribution in [1.82, 2.24) is 10.3 Å². The Labute approximate surface area is 85.8 Å². The van der Waals surface area contributed by atoms with Gasteiger partial charge in [0.1, 0.15) is 0 Å². The van der Waals surface area contributed by atoms with Crippen LogP contribution in [0.4, 0.5) is 0 Å². The Morgan fingerprint density at radius 1 is 1.50 bits per heavy atom. The quantitative estimate of drug-likeness (QED) is 0.271. The van der Waals surface area contributed by atoms with E-state index in [0.29, 0.717) is 6.42 Å². The molecule has 4 heteroatoms. The molecule has 0 radical (unpaired) electrons. The van der Waals surface area contributed by atoms with Gasteiger partial charge in [0.25, 0.3) is 0 Å². The van der Waals surface area contributed by atoms with E-state index in [1.54, 1.807) is 0 Å². The van der Waals surface area contributed by atoms with Crippen molar-refractivity contribution in [2.45, 2.75) is 32.1 Å². The van der Waals surface area contributed by atoms with Crippen molar-refractivity contribution in [1.29, 1.82) is 0 Å². The maximum absolute atomic E-state index is 10.8. The SMILES string of the molecule is CN(CCCCC(=O)NN)CC1CC1. The van der Waals surface area contributed by atoms with Gasteiger partial charge in [0.2, 0.25) is 5.91 Å². The van der Waals surface area contributed by atoms with Crippen LogP contribution in [-0.4, -0.2) is 30.9 Å². The molecule has 1 rings (SSSR count). The van der Waals surface area contributed by atoms with Gasteiger partial charge in [0.15, 0.2) is 0 Å². The zero-order valence-corrected chi connectivity index (χ0v) is 8.96. The van der Waals surface area contributed by atoms with Gasteiger partial charge in [-0.05, 0) is 45.2 Å². The van der Waals surface area contributed by atoms with Crippen LogP contribution in [0.5, 0.6) is 0 Å². The van der Waals surface area contributed by atoms with Gasteiger partial charge in [-0.1, -0.05) is 0 Å². The third kappa shape index (κ3) is 5.19. The van der Waals surface area contributed by atoms with Crippen molar-refractivity contribution >= 4 is 5.91 Å². The van der Waals surface area contributed by atoms with Crippen LogP contribution < -0.4 is 11.3 Å². The number of carbonyl (C=O) groups is 1. The van der Waals surface area contributed by atoms with Gasteiger partial charge >= 0.3 is 0 Å². The van der Waals surface area contributed by atoms with Crippen LogP contribution in [0.2, 0.25) is 0 Å². The lowest BCUT2D eigenvalue weighted by Gasteiger charge is -2.15. The second-order valence-electron chi connectivity index (χ2n) is 4.23. The fraction of sp³-hybridized carbons (Fsp3) is 0.900. The molecule has 1 aliphatic rings. The van der Waals surface area contributed by atoms with E-state index in [9.17, 15) is 4.79 Å². The molecule has 0 bridgehead atoms. The van der Waals surface area contributed by atoms with E-state index in [4.69, 9.17) is 5.84 Å². The topological polar surface area (TPSA) is 58.4 Å². The predicted octanol–water partition coefficient (Wildman–Crippen LogP) is 0.488. The first-order valence-corrected chi connectivity index (χ1v) is 5.40. The summed E-state index contributed by atoms with van der Waals surface area (Å²) in [5, 5.41) is 0. The number of hydrogen-bond donors (Lipinski definition) is 2. The van der Waals surface area contributed by atoms with E-state index in [1.807, 2.05) is 0 Å². The van der Waals surface area contributed by atoms with Crippen molar-refractivity contribution in [3.63, 3.8) is 0 Å². The standard InChI is InChI=1S/C10H21N3O/c1-13(8-9-5-6-9)7-3-2-4-10(14)12-11/h9H,2-8,11H2,1H3,(H,12,14). The first-order valence-electron chi connectivity index (χ1n) is 5.40. The average molecular weight is 199 g/mol. The Hall–Kier alpha value is -0.610. The average Bonchev–Trinajstić information content (AvgIpc) is 2.95. The summed E-state index contributed by atoms with van der Waals surface area (Å²) in [6.07, 6.45) is 5.36. The summed E-state index contributed by atoms with van der Waals surface area (Å²) in [5.74, 6) is 5.87. The molecule has 0 heterocycles. The largest absolute Gasteiger partial charge is 0.306 e. The monoisotopic (exact) mass is 199 g/mol. The zero-order chi connectivity index (χ0) is 10.4. The third-order valence-electron chi connectivity index (χ3n) is 2.62. The lowest BCUT2D eigenvalue weighted by Crippen LogP contribution is -2.30. The first kappa shape index (κ1) is 11.5. The lowest BCUT2D eigenvalue weighted by atomic mass is 10.2. The summed E-state index contributed by atoms with van der Waals surface area (Å²) in [4.78, 5) is 13.2. The number of rotatable bonds is 7. The smallest absolute Gasteiger partial charge is 0.233 e. The van der Waals surface area contributed by atoms with Crippen molar-refractivity contribution in [2.24, 2.45) is 11.8 Å². The van der Waals surface area contributed by atoms with E-state index >= 15 is 0 Å². The summed E-state index contributed by atoms with van der Waals surface area (Å²) < 4.78 is 0. The minimum Gasteiger partial charge on any atom is -0.306 e. The summed E-state index contributed by atoms with van der Waals surface area (Å²) in [6, 6.07) is 0.